The fourth-order valence-corrected chi connectivity index (χ4v) is 2.96. The van der Waals surface area contributed by atoms with Crippen LogP contribution < -0.4 is 10.6 Å². The molecule has 1 aliphatic carbocycles. The van der Waals surface area contributed by atoms with E-state index in [1.165, 1.54) is 25.7 Å². The van der Waals surface area contributed by atoms with E-state index in [9.17, 15) is 4.79 Å². The average molecular weight is 315 g/mol. The number of halogens is 2. The summed E-state index contributed by atoms with van der Waals surface area (Å²) in [5.74, 6) is -0.118. The number of amides is 1. The minimum atomic E-state index is -0.118. The Hall–Kier alpha value is -0.770. The molecule has 0 spiro atoms. The summed E-state index contributed by atoms with van der Waals surface area (Å²) in [6.45, 7) is 3.39. The monoisotopic (exact) mass is 314 g/mol. The summed E-state index contributed by atoms with van der Waals surface area (Å²) in [6.07, 6.45) is 4.97. The van der Waals surface area contributed by atoms with Crippen molar-refractivity contribution < 1.29 is 4.79 Å². The van der Waals surface area contributed by atoms with Crippen molar-refractivity contribution in [1.82, 2.24) is 5.32 Å². The largest absolute Gasteiger partial charge is 0.322 e. The number of hydrogen-bond acceptors (Lipinski definition) is 2. The molecule has 2 N–H and O–H groups in total. The Kier molecular flexibility index (Phi) is 5.30. The second-order valence-corrected chi connectivity index (χ2v) is 6.31. The van der Waals surface area contributed by atoms with Gasteiger partial charge in [0.25, 0.3) is 0 Å². The second kappa shape index (κ2) is 6.79. The van der Waals surface area contributed by atoms with E-state index in [2.05, 4.69) is 17.6 Å². The van der Waals surface area contributed by atoms with Gasteiger partial charge in [-0.05, 0) is 36.8 Å². The molecule has 110 valence electrons. The number of rotatable bonds is 7. The highest BCUT2D eigenvalue weighted by atomic mass is 35.5. The molecule has 0 aliphatic heterocycles. The molecule has 1 amide bonds. The predicted octanol–water partition coefficient (Wildman–Crippen LogP) is 4.10. The molecular formula is C15H20Cl2N2O. The molecule has 0 unspecified atom stereocenters. The molecule has 0 radical (unpaired) electrons. The standard InChI is InChI=1S/C15H20Cl2N2O/c1-2-6-15(7-8-15)10-18-9-13(20)19-14-11(16)4-3-5-12(14)17/h3-5,18H,2,6-10H2,1H3,(H,19,20). The van der Waals surface area contributed by atoms with Crippen molar-refractivity contribution >= 4 is 34.8 Å². The van der Waals surface area contributed by atoms with Crippen LogP contribution in [0.5, 0.6) is 0 Å². The lowest BCUT2D eigenvalue weighted by Crippen LogP contribution is -2.32. The van der Waals surface area contributed by atoms with Gasteiger partial charge < -0.3 is 10.6 Å². The third-order valence-corrected chi connectivity index (χ3v) is 4.38. The quantitative estimate of drug-likeness (QED) is 0.795. The molecule has 0 aromatic heterocycles. The van der Waals surface area contributed by atoms with Crippen LogP contribution in [0.4, 0.5) is 5.69 Å². The van der Waals surface area contributed by atoms with Crippen LogP contribution in [0.3, 0.4) is 0 Å². The predicted molar refractivity (Wildman–Crippen MR) is 84.5 cm³/mol. The number of carbonyl (C=O) groups excluding carboxylic acids is 1. The van der Waals surface area contributed by atoms with Gasteiger partial charge in [0.1, 0.15) is 0 Å². The van der Waals surface area contributed by atoms with E-state index in [0.717, 1.165) is 6.54 Å². The maximum absolute atomic E-state index is 11.9. The molecule has 20 heavy (non-hydrogen) atoms. The van der Waals surface area contributed by atoms with Crippen LogP contribution in [0.1, 0.15) is 32.6 Å². The topological polar surface area (TPSA) is 41.1 Å². The lowest BCUT2D eigenvalue weighted by Gasteiger charge is -2.15. The summed E-state index contributed by atoms with van der Waals surface area (Å²) in [7, 11) is 0. The highest BCUT2D eigenvalue weighted by Crippen LogP contribution is 2.48. The van der Waals surface area contributed by atoms with Gasteiger partial charge in [0.2, 0.25) is 5.91 Å². The molecule has 1 aliphatic rings. The molecule has 0 saturated heterocycles. The van der Waals surface area contributed by atoms with Crippen molar-refractivity contribution in [3.05, 3.63) is 28.2 Å². The van der Waals surface area contributed by atoms with E-state index in [1.54, 1.807) is 18.2 Å². The Bertz CT molecular complexity index is 467. The van der Waals surface area contributed by atoms with E-state index >= 15 is 0 Å². The second-order valence-electron chi connectivity index (χ2n) is 5.50. The van der Waals surface area contributed by atoms with Crippen molar-refractivity contribution in [2.24, 2.45) is 5.41 Å². The number of anilines is 1. The molecule has 0 atom stereocenters. The van der Waals surface area contributed by atoms with Crippen molar-refractivity contribution in [1.29, 1.82) is 0 Å². The zero-order valence-electron chi connectivity index (χ0n) is 11.6. The zero-order valence-corrected chi connectivity index (χ0v) is 13.2. The van der Waals surface area contributed by atoms with E-state index in [0.29, 0.717) is 21.1 Å². The highest BCUT2D eigenvalue weighted by molar-refractivity contribution is 6.39. The van der Waals surface area contributed by atoms with Crippen LogP contribution in [0.2, 0.25) is 10.0 Å². The summed E-state index contributed by atoms with van der Waals surface area (Å²) in [5.41, 5.74) is 0.925. The maximum Gasteiger partial charge on any atom is 0.238 e. The molecular weight excluding hydrogens is 295 g/mol. The number of nitrogens with one attached hydrogen (secondary N) is 2. The molecule has 5 heteroatoms. The molecule has 0 bridgehead atoms. The highest BCUT2D eigenvalue weighted by Gasteiger charge is 2.40. The maximum atomic E-state index is 11.9. The third kappa shape index (κ3) is 4.11. The van der Waals surface area contributed by atoms with Gasteiger partial charge in [0.05, 0.1) is 22.3 Å². The zero-order chi connectivity index (χ0) is 14.6. The van der Waals surface area contributed by atoms with Gasteiger partial charge in [-0.3, -0.25) is 4.79 Å². The van der Waals surface area contributed by atoms with Gasteiger partial charge in [0.15, 0.2) is 0 Å². The first-order valence-electron chi connectivity index (χ1n) is 7.01. The van der Waals surface area contributed by atoms with Gasteiger partial charge in [-0.1, -0.05) is 42.6 Å². The van der Waals surface area contributed by atoms with E-state index in [-0.39, 0.29) is 12.5 Å². The Morgan fingerprint density at radius 3 is 2.50 bits per heavy atom. The Labute approximate surface area is 130 Å². The van der Waals surface area contributed by atoms with Crippen LogP contribution in [-0.4, -0.2) is 19.0 Å². The van der Waals surface area contributed by atoms with Gasteiger partial charge in [-0.15, -0.1) is 0 Å². The number of benzene rings is 1. The summed E-state index contributed by atoms with van der Waals surface area (Å²) in [5, 5.41) is 6.89. The smallest absolute Gasteiger partial charge is 0.238 e. The van der Waals surface area contributed by atoms with Gasteiger partial charge in [-0.2, -0.15) is 0 Å². The van der Waals surface area contributed by atoms with E-state index < -0.39 is 0 Å². The normalized spacial score (nSPS) is 15.9. The van der Waals surface area contributed by atoms with Crippen molar-refractivity contribution in [2.75, 3.05) is 18.4 Å². The van der Waals surface area contributed by atoms with Gasteiger partial charge in [0, 0.05) is 6.54 Å². The summed E-state index contributed by atoms with van der Waals surface area (Å²) in [6, 6.07) is 5.16. The number of carbonyl (C=O) groups is 1. The fraction of sp³-hybridized carbons (Fsp3) is 0.533. The number of para-hydroxylation sites is 1. The minimum absolute atomic E-state index is 0.118. The van der Waals surface area contributed by atoms with E-state index in [1.807, 2.05) is 0 Å². The SMILES string of the molecule is CCCC1(CNCC(=O)Nc2c(Cl)cccc2Cl)CC1. The Morgan fingerprint density at radius 1 is 1.30 bits per heavy atom. The lowest BCUT2D eigenvalue weighted by atomic mass is 10.0. The molecule has 0 heterocycles. The summed E-state index contributed by atoms with van der Waals surface area (Å²) >= 11 is 12.0. The molecule has 3 nitrogen and oxygen atoms in total. The fourth-order valence-electron chi connectivity index (χ4n) is 2.46. The lowest BCUT2D eigenvalue weighted by molar-refractivity contribution is -0.115. The average Bonchev–Trinajstić information content (AvgIpc) is 3.14. The van der Waals surface area contributed by atoms with Gasteiger partial charge in [-0.25, -0.2) is 0 Å². The minimum Gasteiger partial charge on any atom is -0.322 e. The summed E-state index contributed by atoms with van der Waals surface area (Å²) in [4.78, 5) is 11.9. The van der Waals surface area contributed by atoms with Gasteiger partial charge >= 0.3 is 0 Å². The van der Waals surface area contributed by atoms with Crippen molar-refractivity contribution in [2.45, 2.75) is 32.6 Å². The molecule has 1 saturated carbocycles. The van der Waals surface area contributed by atoms with Crippen LogP contribution in [-0.2, 0) is 4.79 Å². The van der Waals surface area contributed by atoms with Crippen LogP contribution in [0.25, 0.3) is 0 Å². The van der Waals surface area contributed by atoms with Crippen LogP contribution in [0, 0.1) is 5.41 Å². The van der Waals surface area contributed by atoms with Crippen molar-refractivity contribution in [3.8, 4) is 0 Å². The molecule has 1 fully saturated rings. The first-order chi connectivity index (χ1) is 9.56. The molecule has 2 rings (SSSR count). The van der Waals surface area contributed by atoms with Crippen LogP contribution in [0.15, 0.2) is 18.2 Å². The van der Waals surface area contributed by atoms with Crippen LogP contribution >= 0.6 is 23.2 Å². The van der Waals surface area contributed by atoms with E-state index in [4.69, 9.17) is 23.2 Å². The Morgan fingerprint density at radius 2 is 1.95 bits per heavy atom. The first kappa shape index (κ1) is 15.6. The number of hydrogen-bond donors (Lipinski definition) is 2. The first-order valence-corrected chi connectivity index (χ1v) is 7.76. The van der Waals surface area contributed by atoms with Crippen molar-refractivity contribution in [3.63, 3.8) is 0 Å². The third-order valence-electron chi connectivity index (χ3n) is 3.75. The molecule has 1 aromatic rings. The molecule has 1 aromatic carbocycles. The summed E-state index contributed by atoms with van der Waals surface area (Å²) < 4.78 is 0. The Balaban J connectivity index is 1.78.